The predicted octanol–water partition coefficient (Wildman–Crippen LogP) is 3.27. The molecular formula is C13H12ClN3O2. The maximum atomic E-state index is 11.7. The van der Waals surface area contributed by atoms with Crippen molar-refractivity contribution in [2.75, 3.05) is 16.4 Å². The molecule has 0 saturated heterocycles. The molecule has 0 radical (unpaired) electrons. The molecule has 5 N–H and O–H groups in total. The van der Waals surface area contributed by atoms with E-state index >= 15 is 0 Å². The summed E-state index contributed by atoms with van der Waals surface area (Å²) in [6.07, 6.45) is 0. The average Bonchev–Trinajstić information content (AvgIpc) is 2.36. The molecule has 19 heavy (non-hydrogen) atoms. The number of nitrogens with one attached hydrogen (secondary N) is 2. The number of benzene rings is 2. The molecule has 2 aromatic carbocycles. The highest BCUT2D eigenvalue weighted by atomic mass is 35.5. The maximum Gasteiger partial charge on any atom is 0.323 e. The molecule has 0 aliphatic heterocycles. The lowest BCUT2D eigenvalue weighted by molar-refractivity contribution is 0.262. The monoisotopic (exact) mass is 277 g/mol. The molecule has 0 aromatic heterocycles. The first kappa shape index (κ1) is 13.0. The van der Waals surface area contributed by atoms with E-state index in [0.29, 0.717) is 16.4 Å². The Balaban J connectivity index is 2.03. The van der Waals surface area contributed by atoms with Crippen molar-refractivity contribution in [3.63, 3.8) is 0 Å². The fourth-order valence-electron chi connectivity index (χ4n) is 1.48. The molecule has 2 amide bonds. The van der Waals surface area contributed by atoms with Gasteiger partial charge in [-0.3, -0.25) is 0 Å². The molecule has 5 nitrogen and oxygen atoms in total. The number of phenolic OH excluding ortho intramolecular Hbond substituents is 1. The Morgan fingerprint density at radius 3 is 2.42 bits per heavy atom. The molecule has 0 fully saturated rings. The number of carbonyl (C=O) groups is 1. The van der Waals surface area contributed by atoms with Crippen LogP contribution in [0.1, 0.15) is 0 Å². The van der Waals surface area contributed by atoms with Crippen LogP contribution < -0.4 is 16.4 Å². The number of hydrogen-bond donors (Lipinski definition) is 4. The minimum atomic E-state index is -0.431. The molecule has 2 rings (SSSR count). The lowest BCUT2D eigenvalue weighted by Gasteiger charge is -2.10. The van der Waals surface area contributed by atoms with Crippen LogP contribution in [0.5, 0.6) is 5.75 Å². The van der Waals surface area contributed by atoms with Crippen LogP contribution >= 0.6 is 11.6 Å². The normalized spacial score (nSPS) is 9.95. The first-order valence-electron chi connectivity index (χ1n) is 5.46. The first-order valence-corrected chi connectivity index (χ1v) is 5.84. The maximum absolute atomic E-state index is 11.7. The van der Waals surface area contributed by atoms with Crippen molar-refractivity contribution in [3.05, 3.63) is 47.5 Å². The average molecular weight is 278 g/mol. The molecule has 0 unspecified atom stereocenters. The SMILES string of the molecule is Nc1cc(O)ccc1NC(=O)Nc1ccc(Cl)cc1. The van der Waals surface area contributed by atoms with Gasteiger partial charge in [-0.1, -0.05) is 11.6 Å². The Bertz CT molecular complexity index is 599. The van der Waals surface area contributed by atoms with E-state index < -0.39 is 6.03 Å². The van der Waals surface area contributed by atoms with Crippen molar-refractivity contribution in [1.82, 2.24) is 0 Å². The third-order valence-electron chi connectivity index (χ3n) is 2.39. The van der Waals surface area contributed by atoms with Crippen LogP contribution in [-0.2, 0) is 0 Å². The second-order valence-electron chi connectivity index (χ2n) is 3.86. The van der Waals surface area contributed by atoms with Crippen LogP contribution in [0.3, 0.4) is 0 Å². The summed E-state index contributed by atoms with van der Waals surface area (Å²) in [6, 6.07) is 10.6. The lowest BCUT2D eigenvalue weighted by atomic mass is 10.2. The van der Waals surface area contributed by atoms with Crippen LogP contribution in [0.4, 0.5) is 21.9 Å². The van der Waals surface area contributed by atoms with Gasteiger partial charge in [-0.05, 0) is 36.4 Å². The van der Waals surface area contributed by atoms with Crippen molar-refractivity contribution in [3.8, 4) is 5.75 Å². The molecule has 0 heterocycles. The molecule has 0 spiro atoms. The van der Waals surface area contributed by atoms with Gasteiger partial charge in [0.15, 0.2) is 0 Å². The standard InChI is InChI=1S/C13H12ClN3O2/c14-8-1-3-9(4-2-8)16-13(19)17-12-6-5-10(18)7-11(12)15/h1-7,18H,15H2,(H2,16,17,19). The van der Waals surface area contributed by atoms with E-state index in [1.54, 1.807) is 24.3 Å². The van der Waals surface area contributed by atoms with E-state index in [4.69, 9.17) is 17.3 Å². The van der Waals surface area contributed by atoms with Crippen LogP contribution in [0.15, 0.2) is 42.5 Å². The predicted molar refractivity (Wildman–Crippen MR) is 76.6 cm³/mol. The van der Waals surface area contributed by atoms with E-state index in [0.717, 1.165) is 0 Å². The fourth-order valence-corrected chi connectivity index (χ4v) is 1.61. The van der Waals surface area contributed by atoms with Gasteiger partial charge in [0.1, 0.15) is 5.75 Å². The minimum Gasteiger partial charge on any atom is -0.508 e. The number of aromatic hydroxyl groups is 1. The summed E-state index contributed by atoms with van der Waals surface area (Å²) in [7, 11) is 0. The minimum absolute atomic E-state index is 0.0427. The van der Waals surface area contributed by atoms with Crippen LogP contribution in [0.2, 0.25) is 5.02 Å². The molecule has 2 aromatic rings. The van der Waals surface area contributed by atoms with E-state index in [1.165, 1.54) is 18.2 Å². The number of urea groups is 1. The summed E-state index contributed by atoms with van der Waals surface area (Å²) in [5.41, 5.74) is 6.98. The van der Waals surface area contributed by atoms with Gasteiger partial charge in [0.25, 0.3) is 0 Å². The summed E-state index contributed by atoms with van der Waals surface area (Å²) in [4.78, 5) is 11.7. The number of carbonyl (C=O) groups excluding carboxylic acids is 1. The summed E-state index contributed by atoms with van der Waals surface area (Å²) >= 11 is 5.75. The van der Waals surface area contributed by atoms with Crippen LogP contribution in [0.25, 0.3) is 0 Å². The highest BCUT2D eigenvalue weighted by molar-refractivity contribution is 6.30. The molecule has 0 atom stereocenters. The Hall–Kier alpha value is -2.40. The summed E-state index contributed by atoms with van der Waals surface area (Å²) in [5.74, 6) is 0.0427. The number of anilines is 3. The third-order valence-corrected chi connectivity index (χ3v) is 2.64. The summed E-state index contributed by atoms with van der Waals surface area (Å²) in [5, 5.41) is 15.0. The number of phenols is 1. The second-order valence-corrected chi connectivity index (χ2v) is 4.29. The zero-order chi connectivity index (χ0) is 13.8. The van der Waals surface area contributed by atoms with Gasteiger partial charge < -0.3 is 21.5 Å². The largest absolute Gasteiger partial charge is 0.508 e. The van der Waals surface area contributed by atoms with E-state index in [1.807, 2.05) is 0 Å². The van der Waals surface area contributed by atoms with Crippen LogP contribution in [-0.4, -0.2) is 11.1 Å². The van der Waals surface area contributed by atoms with Gasteiger partial charge in [0, 0.05) is 16.8 Å². The van der Waals surface area contributed by atoms with Crippen molar-refractivity contribution in [1.29, 1.82) is 0 Å². The topological polar surface area (TPSA) is 87.4 Å². The Labute approximate surface area is 115 Å². The van der Waals surface area contributed by atoms with Gasteiger partial charge in [-0.15, -0.1) is 0 Å². The van der Waals surface area contributed by atoms with Gasteiger partial charge in [-0.25, -0.2) is 4.79 Å². The molecular weight excluding hydrogens is 266 g/mol. The number of halogens is 1. The Morgan fingerprint density at radius 2 is 1.79 bits per heavy atom. The highest BCUT2D eigenvalue weighted by Gasteiger charge is 2.06. The Morgan fingerprint density at radius 1 is 1.11 bits per heavy atom. The molecule has 0 aliphatic rings. The number of nitrogen functional groups attached to an aromatic ring is 1. The zero-order valence-electron chi connectivity index (χ0n) is 9.85. The highest BCUT2D eigenvalue weighted by Crippen LogP contribution is 2.23. The quantitative estimate of drug-likeness (QED) is 0.502. The Kier molecular flexibility index (Phi) is 3.77. The van der Waals surface area contributed by atoms with Crippen LogP contribution in [0, 0.1) is 0 Å². The number of rotatable bonds is 2. The van der Waals surface area contributed by atoms with Gasteiger partial charge >= 0.3 is 6.03 Å². The molecule has 0 aliphatic carbocycles. The molecule has 0 saturated carbocycles. The van der Waals surface area contributed by atoms with Gasteiger partial charge in [-0.2, -0.15) is 0 Å². The van der Waals surface area contributed by atoms with E-state index in [9.17, 15) is 9.90 Å². The van der Waals surface area contributed by atoms with E-state index in [2.05, 4.69) is 10.6 Å². The second kappa shape index (κ2) is 5.49. The van der Waals surface area contributed by atoms with E-state index in [-0.39, 0.29) is 11.4 Å². The third kappa shape index (κ3) is 3.53. The smallest absolute Gasteiger partial charge is 0.323 e. The van der Waals surface area contributed by atoms with Crippen molar-refractivity contribution < 1.29 is 9.90 Å². The molecule has 6 heteroatoms. The number of hydrogen-bond acceptors (Lipinski definition) is 3. The number of amides is 2. The molecule has 0 bridgehead atoms. The van der Waals surface area contributed by atoms with Crippen molar-refractivity contribution >= 4 is 34.7 Å². The summed E-state index contributed by atoms with van der Waals surface area (Å²) < 4.78 is 0. The molecule has 98 valence electrons. The number of nitrogens with two attached hydrogens (primary N) is 1. The van der Waals surface area contributed by atoms with Crippen molar-refractivity contribution in [2.24, 2.45) is 0 Å². The summed E-state index contributed by atoms with van der Waals surface area (Å²) in [6.45, 7) is 0. The fraction of sp³-hybridized carbons (Fsp3) is 0. The lowest BCUT2D eigenvalue weighted by Crippen LogP contribution is -2.20. The van der Waals surface area contributed by atoms with Crippen molar-refractivity contribution in [2.45, 2.75) is 0 Å². The zero-order valence-corrected chi connectivity index (χ0v) is 10.6. The first-order chi connectivity index (χ1) is 9.04. The van der Waals surface area contributed by atoms with Gasteiger partial charge in [0.2, 0.25) is 0 Å². The van der Waals surface area contributed by atoms with Gasteiger partial charge in [0.05, 0.1) is 11.4 Å².